The van der Waals surface area contributed by atoms with Crippen molar-refractivity contribution >= 4 is 16.4 Å². The molecule has 0 aromatic carbocycles. The van der Waals surface area contributed by atoms with Crippen molar-refractivity contribution in [3.05, 3.63) is 24.9 Å². The summed E-state index contributed by atoms with van der Waals surface area (Å²) in [6.07, 6.45) is 3.18. The Bertz CT molecular complexity index is 318. The average Bonchev–Trinajstić information content (AvgIpc) is 2.25. The first-order chi connectivity index (χ1) is 7.89. The van der Waals surface area contributed by atoms with Crippen LogP contribution >= 0.6 is 0 Å². The van der Waals surface area contributed by atoms with Crippen LogP contribution in [-0.2, 0) is 4.43 Å². The molecule has 1 unspecified atom stereocenters. The van der Waals surface area contributed by atoms with Gasteiger partial charge in [0.2, 0.25) is 0 Å². The van der Waals surface area contributed by atoms with Crippen molar-refractivity contribution in [1.82, 2.24) is 0 Å². The molecule has 0 bridgehead atoms. The van der Waals surface area contributed by atoms with Gasteiger partial charge in [0.1, 0.15) is 8.07 Å². The molecule has 0 aromatic heterocycles. The average molecular weight is 285 g/mol. The van der Waals surface area contributed by atoms with Crippen molar-refractivity contribution in [1.29, 1.82) is 0 Å². The first-order valence-electron chi connectivity index (χ1n) is 6.86. The van der Waals surface area contributed by atoms with Crippen LogP contribution in [0.4, 0.5) is 0 Å². The lowest BCUT2D eigenvalue weighted by molar-refractivity contribution is 0.165. The number of rotatable bonds is 7. The lowest BCUT2D eigenvalue weighted by Gasteiger charge is -2.49. The Morgan fingerprint density at radius 2 is 1.50 bits per heavy atom. The second-order valence-electron chi connectivity index (χ2n) is 7.02. The van der Waals surface area contributed by atoms with Gasteiger partial charge in [-0.05, 0) is 33.4 Å². The van der Waals surface area contributed by atoms with Gasteiger partial charge in [-0.25, -0.2) is 0 Å². The molecule has 18 heavy (non-hydrogen) atoms. The van der Waals surface area contributed by atoms with Crippen molar-refractivity contribution in [3.63, 3.8) is 0 Å². The monoisotopic (exact) mass is 284 g/mol. The zero-order valence-corrected chi connectivity index (χ0v) is 15.7. The van der Waals surface area contributed by atoms with E-state index in [1.807, 2.05) is 0 Å². The van der Waals surface area contributed by atoms with Crippen LogP contribution in [0.1, 0.15) is 34.1 Å². The van der Waals surface area contributed by atoms with E-state index in [2.05, 4.69) is 78.8 Å². The molecule has 0 N–H and O–H groups in total. The topological polar surface area (TPSA) is 9.23 Å². The predicted molar refractivity (Wildman–Crippen MR) is 89.2 cm³/mol. The Morgan fingerprint density at radius 1 is 1.06 bits per heavy atom. The molecule has 0 aliphatic heterocycles. The molecule has 106 valence electrons. The maximum atomic E-state index is 6.69. The van der Waals surface area contributed by atoms with Crippen LogP contribution < -0.4 is 0 Å². The van der Waals surface area contributed by atoms with Gasteiger partial charge in [-0.2, -0.15) is 0 Å². The first kappa shape index (κ1) is 17.9. The van der Waals surface area contributed by atoms with E-state index < -0.39 is 16.4 Å². The Labute approximate surface area is 116 Å². The zero-order chi connectivity index (χ0) is 14.8. The Kier molecular flexibility index (Phi) is 5.43. The summed E-state index contributed by atoms with van der Waals surface area (Å²) in [6.45, 7) is 26.3. The van der Waals surface area contributed by atoms with Crippen molar-refractivity contribution in [3.8, 4) is 0 Å². The van der Waals surface area contributed by atoms with Crippen molar-refractivity contribution in [2.24, 2.45) is 0 Å². The van der Waals surface area contributed by atoms with Gasteiger partial charge in [-0.3, -0.25) is 0 Å². The highest BCUT2D eigenvalue weighted by Crippen LogP contribution is 2.45. The molecular weight excluding hydrogens is 252 g/mol. The number of hydrogen-bond acceptors (Lipinski definition) is 1. The summed E-state index contributed by atoms with van der Waals surface area (Å²) < 4.78 is 6.69. The van der Waals surface area contributed by atoms with E-state index in [-0.39, 0.29) is 10.3 Å². The molecule has 1 nitrogen and oxygen atoms in total. The SMILES string of the molecule is C=CC(C)(CC)[Si](C)(C)OC(C)(C)[Si](C)(C)C=C. The first-order valence-corrected chi connectivity index (χ1v) is 12.8. The quantitative estimate of drug-likeness (QED) is 0.454. The maximum Gasteiger partial charge on any atom is 0.196 e. The molecule has 0 rings (SSSR count). The maximum absolute atomic E-state index is 6.69. The van der Waals surface area contributed by atoms with Gasteiger partial charge in [0.15, 0.2) is 8.32 Å². The van der Waals surface area contributed by atoms with Gasteiger partial charge in [0.25, 0.3) is 0 Å². The van der Waals surface area contributed by atoms with Crippen molar-refractivity contribution in [2.45, 2.75) is 70.6 Å². The minimum absolute atomic E-state index is 0.0795. The van der Waals surface area contributed by atoms with Gasteiger partial charge < -0.3 is 4.43 Å². The van der Waals surface area contributed by atoms with E-state index in [0.717, 1.165) is 6.42 Å². The molecule has 0 amide bonds. The third kappa shape index (κ3) is 3.25. The highest BCUT2D eigenvalue weighted by atomic mass is 28.4. The summed E-state index contributed by atoms with van der Waals surface area (Å²) in [4.78, 5) is 0. The van der Waals surface area contributed by atoms with E-state index in [0.29, 0.717) is 0 Å². The Morgan fingerprint density at radius 3 is 1.78 bits per heavy atom. The summed E-state index contributed by atoms with van der Waals surface area (Å²) in [5.74, 6) is 0. The molecule has 0 saturated heterocycles. The van der Waals surface area contributed by atoms with E-state index in [9.17, 15) is 0 Å². The molecule has 1 atom stereocenters. The number of hydrogen-bond donors (Lipinski definition) is 0. The summed E-state index contributed by atoms with van der Waals surface area (Å²) in [5.41, 5.74) is 2.13. The fourth-order valence-electron chi connectivity index (χ4n) is 1.95. The van der Waals surface area contributed by atoms with Gasteiger partial charge in [-0.1, -0.05) is 38.7 Å². The van der Waals surface area contributed by atoms with Crippen LogP contribution in [0, 0.1) is 0 Å². The highest BCUT2D eigenvalue weighted by Gasteiger charge is 2.48. The smallest absolute Gasteiger partial charge is 0.196 e. The van der Waals surface area contributed by atoms with Gasteiger partial charge >= 0.3 is 0 Å². The summed E-state index contributed by atoms with van der Waals surface area (Å²) in [7, 11) is -3.43. The lowest BCUT2D eigenvalue weighted by Crippen LogP contribution is -2.58. The fourth-order valence-corrected chi connectivity index (χ4v) is 7.11. The second kappa shape index (κ2) is 5.47. The lowest BCUT2D eigenvalue weighted by atomic mass is 10.1. The Balaban J connectivity index is 5.32. The van der Waals surface area contributed by atoms with E-state index in [1.165, 1.54) is 0 Å². The van der Waals surface area contributed by atoms with Crippen molar-refractivity contribution in [2.75, 3.05) is 0 Å². The van der Waals surface area contributed by atoms with Crippen LogP contribution in [0.25, 0.3) is 0 Å². The molecule has 0 aliphatic rings. The molecule has 3 heteroatoms. The van der Waals surface area contributed by atoms with E-state index in [1.54, 1.807) is 0 Å². The highest BCUT2D eigenvalue weighted by molar-refractivity contribution is 6.86. The molecule has 0 aromatic rings. The molecule has 0 saturated carbocycles. The third-order valence-electron chi connectivity index (χ3n) is 5.13. The van der Waals surface area contributed by atoms with Crippen LogP contribution in [0.3, 0.4) is 0 Å². The molecule has 0 spiro atoms. The van der Waals surface area contributed by atoms with E-state index >= 15 is 0 Å². The fraction of sp³-hybridized carbons (Fsp3) is 0.733. The summed E-state index contributed by atoms with van der Waals surface area (Å²) in [6, 6.07) is 0. The van der Waals surface area contributed by atoms with Crippen LogP contribution in [-0.4, -0.2) is 21.6 Å². The molecule has 0 radical (unpaired) electrons. The predicted octanol–water partition coefficient (Wildman–Crippen LogP) is 5.32. The summed E-state index contributed by atoms with van der Waals surface area (Å²) in [5, 5.41) is 0.0415. The normalized spacial score (nSPS) is 17.1. The minimum Gasteiger partial charge on any atom is -0.414 e. The largest absolute Gasteiger partial charge is 0.414 e. The van der Waals surface area contributed by atoms with Crippen molar-refractivity contribution < 1.29 is 4.43 Å². The zero-order valence-electron chi connectivity index (χ0n) is 13.7. The molecule has 0 aliphatic carbocycles. The van der Waals surface area contributed by atoms with E-state index in [4.69, 9.17) is 4.43 Å². The molecular formula is C15H32OSi2. The van der Waals surface area contributed by atoms with Crippen LogP contribution in [0.5, 0.6) is 0 Å². The van der Waals surface area contributed by atoms with Crippen LogP contribution in [0.2, 0.25) is 31.2 Å². The van der Waals surface area contributed by atoms with Gasteiger partial charge in [-0.15, -0.1) is 13.2 Å². The molecule has 0 fully saturated rings. The summed E-state index contributed by atoms with van der Waals surface area (Å²) >= 11 is 0. The number of allylic oxidation sites excluding steroid dienone is 1. The van der Waals surface area contributed by atoms with Gasteiger partial charge in [0.05, 0.1) is 0 Å². The third-order valence-corrected chi connectivity index (χ3v) is 13.9. The standard InChI is InChI=1S/C15H32OSi2/c1-11-15(6,12-2)18(9,10)16-14(4,5)17(7,8)13-3/h11,13H,1,3,12H2,2,4-10H3. The minimum atomic E-state index is -1.85. The van der Waals surface area contributed by atoms with Crippen LogP contribution in [0.15, 0.2) is 24.9 Å². The second-order valence-corrected chi connectivity index (χ2v) is 16.4. The Hall–Kier alpha value is -0.126. The van der Waals surface area contributed by atoms with Gasteiger partial charge in [0, 0.05) is 10.3 Å². The molecule has 0 heterocycles.